The Morgan fingerprint density at radius 1 is 1.33 bits per heavy atom. The summed E-state index contributed by atoms with van der Waals surface area (Å²) in [6.07, 6.45) is 3.20. The predicted octanol–water partition coefficient (Wildman–Crippen LogP) is 2.82. The number of anilines is 1. The fraction of sp³-hybridized carbons (Fsp3) is 0.500. The maximum absolute atomic E-state index is 13.6. The van der Waals surface area contributed by atoms with E-state index in [0.29, 0.717) is 5.75 Å². The zero-order valence-corrected chi connectivity index (χ0v) is 10.3. The highest BCUT2D eigenvalue weighted by Crippen LogP contribution is 2.54. The molecule has 0 heterocycles. The average molecular weight is 249 g/mol. The van der Waals surface area contributed by atoms with Crippen LogP contribution in [0.25, 0.3) is 0 Å². The Labute approximate surface area is 105 Å². The van der Waals surface area contributed by atoms with Gasteiger partial charge in [0, 0.05) is 12.0 Å². The van der Waals surface area contributed by atoms with Gasteiger partial charge in [-0.25, -0.2) is 4.39 Å². The molecule has 2 aliphatic rings. The zero-order valence-electron chi connectivity index (χ0n) is 10.3. The Kier molecular flexibility index (Phi) is 2.73. The molecule has 2 saturated carbocycles. The summed E-state index contributed by atoms with van der Waals surface area (Å²) in [5.74, 6) is 1.61. The van der Waals surface area contributed by atoms with Gasteiger partial charge in [0.05, 0.1) is 12.8 Å². The highest BCUT2D eigenvalue weighted by atomic mass is 19.1. The van der Waals surface area contributed by atoms with E-state index in [4.69, 9.17) is 4.74 Å². The molecule has 0 radical (unpaired) electrons. The number of carbonyl (C=O) groups excluding carboxylic acids is 1. The van der Waals surface area contributed by atoms with Crippen molar-refractivity contribution in [2.75, 3.05) is 12.4 Å². The molecule has 2 unspecified atom stereocenters. The summed E-state index contributed by atoms with van der Waals surface area (Å²) in [6.45, 7) is 0. The van der Waals surface area contributed by atoms with Gasteiger partial charge in [-0.3, -0.25) is 4.79 Å². The normalized spacial score (nSPS) is 28.7. The summed E-state index contributed by atoms with van der Waals surface area (Å²) in [5, 5.41) is 2.67. The first kappa shape index (κ1) is 11.5. The number of ether oxygens (including phenoxy) is 1. The topological polar surface area (TPSA) is 38.3 Å². The SMILES string of the molecule is COc1ccc(F)c(NC(=O)C2CC3CC3C2)c1. The van der Waals surface area contributed by atoms with Crippen LogP contribution in [-0.2, 0) is 4.79 Å². The number of amides is 1. The molecule has 2 atom stereocenters. The van der Waals surface area contributed by atoms with Gasteiger partial charge >= 0.3 is 0 Å². The third-order valence-electron chi connectivity index (χ3n) is 4.05. The molecule has 18 heavy (non-hydrogen) atoms. The molecule has 2 fully saturated rings. The number of benzene rings is 1. The van der Waals surface area contributed by atoms with E-state index >= 15 is 0 Å². The smallest absolute Gasteiger partial charge is 0.227 e. The van der Waals surface area contributed by atoms with Crippen LogP contribution in [0.3, 0.4) is 0 Å². The summed E-state index contributed by atoms with van der Waals surface area (Å²) < 4.78 is 18.6. The molecule has 0 aromatic heterocycles. The second kappa shape index (κ2) is 4.26. The monoisotopic (exact) mass is 249 g/mol. The number of hydrogen-bond donors (Lipinski definition) is 1. The Balaban J connectivity index is 1.69. The number of rotatable bonds is 3. The van der Waals surface area contributed by atoms with Crippen molar-refractivity contribution in [3.63, 3.8) is 0 Å². The van der Waals surface area contributed by atoms with Crippen LogP contribution >= 0.6 is 0 Å². The van der Waals surface area contributed by atoms with Crippen molar-refractivity contribution >= 4 is 11.6 Å². The Hall–Kier alpha value is -1.58. The van der Waals surface area contributed by atoms with Gasteiger partial charge in [0.2, 0.25) is 5.91 Å². The van der Waals surface area contributed by atoms with Crippen LogP contribution in [0.4, 0.5) is 10.1 Å². The Bertz CT molecular complexity index is 479. The lowest BCUT2D eigenvalue weighted by Crippen LogP contribution is -2.22. The molecule has 0 bridgehead atoms. The molecule has 1 amide bonds. The minimum absolute atomic E-state index is 0.0550. The van der Waals surface area contributed by atoms with Crippen molar-refractivity contribution < 1.29 is 13.9 Å². The van der Waals surface area contributed by atoms with E-state index in [1.165, 1.54) is 31.7 Å². The fourth-order valence-electron chi connectivity index (χ4n) is 2.89. The number of carbonyl (C=O) groups is 1. The molecule has 1 aromatic rings. The Morgan fingerprint density at radius 3 is 2.72 bits per heavy atom. The van der Waals surface area contributed by atoms with Crippen LogP contribution in [0, 0.1) is 23.6 Å². The van der Waals surface area contributed by atoms with Gasteiger partial charge in [0.1, 0.15) is 11.6 Å². The van der Waals surface area contributed by atoms with Gasteiger partial charge in [-0.2, -0.15) is 0 Å². The van der Waals surface area contributed by atoms with Crippen molar-refractivity contribution in [2.24, 2.45) is 17.8 Å². The fourth-order valence-corrected chi connectivity index (χ4v) is 2.89. The summed E-state index contributed by atoms with van der Waals surface area (Å²) >= 11 is 0. The largest absolute Gasteiger partial charge is 0.497 e. The van der Waals surface area contributed by atoms with E-state index in [1.807, 2.05) is 0 Å². The lowest BCUT2D eigenvalue weighted by atomic mass is 10.0. The van der Waals surface area contributed by atoms with Crippen LogP contribution in [0.15, 0.2) is 18.2 Å². The standard InChI is InChI=1S/C14H16FNO2/c1-18-11-2-3-12(15)13(7-11)16-14(17)10-5-8-4-9(8)6-10/h2-3,7-10H,4-6H2,1H3,(H,16,17). The molecular formula is C14H16FNO2. The van der Waals surface area contributed by atoms with Gasteiger partial charge in [0.25, 0.3) is 0 Å². The van der Waals surface area contributed by atoms with E-state index < -0.39 is 5.82 Å². The second-order valence-corrected chi connectivity index (χ2v) is 5.26. The van der Waals surface area contributed by atoms with E-state index in [9.17, 15) is 9.18 Å². The number of halogens is 1. The maximum atomic E-state index is 13.6. The highest BCUT2D eigenvalue weighted by Gasteiger charge is 2.48. The lowest BCUT2D eigenvalue weighted by molar-refractivity contribution is -0.120. The van der Waals surface area contributed by atoms with Crippen molar-refractivity contribution in [3.05, 3.63) is 24.0 Å². The van der Waals surface area contributed by atoms with Gasteiger partial charge < -0.3 is 10.1 Å². The van der Waals surface area contributed by atoms with Crippen LogP contribution in [0.1, 0.15) is 19.3 Å². The number of methoxy groups -OCH3 is 1. The molecule has 0 spiro atoms. The van der Waals surface area contributed by atoms with E-state index in [-0.39, 0.29) is 17.5 Å². The number of nitrogens with one attached hydrogen (secondary N) is 1. The van der Waals surface area contributed by atoms with Gasteiger partial charge in [-0.15, -0.1) is 0 Å². The molecule has 3 nitrogen and oxygen atoms in total. The van der Waals surface area contributed by atoms with Gasteiger partial charge in [-0.05, 0) is 43.2 Å². The van der Waals surface area contributed by atoms with Crippen LogP contribution in [0.2, 0.25) is 0 Å². The third-order valence-corrected chi connectivity index (χ3v) is 4.05. The van der Waals surface area contributed by atoms with Crippen molar-refractivity contribution in [1.29, 1.82) is 0 Å². The molecule has 1 aromatic carbocycles. The third kappa shape index (κ3) is 2.07. The summed E-state index contributed by atoms with van der Waals surface area (Å²) in [5.41, 5.74) is 0.208. The summed E-state index contributed by atoms with van der Waals surface area (Å²) in [4.78, 5) is 12.0. The first-order chi connectivity index (χ1) is 8.67. The quantitative estimate of drug-likeness (QED) is 0.894. The molecule has 0 aliphatic heterocycles. The average Bonchev–Trinajstić information content (AvgIpc) is 2.98. The minimum Gasteiger partial charge on any atom is -0.497 e. The zero-order chi connectivity index (χ0) is 12.7. The molecule has 96 valence electrons. The first-order valence-corrected chi connectivity index (χ1v) is 6.32. The number of hydrogen-bond acceptors (Lipinski definition) is 2. The number of fused-ring (bicyclic) bond motifs is 1. The van der Waals surface area contributed by atoms with Crippen LogP contribution in [0.5, 0.6) is 5.75 Å². The van der Waals surface area contributed by atoms with Crippen molar-refractivity contribution in [3.8, 4) is 5.75 Å². The van der Waals surface area contributed by atoms with Crippen molar-refractivity contribution in [1.82, 2.24) is 0 Å². The molecular weight excluding hydrogens is 233 g/mol. The molecule has 1 N–H and O–H groups in total. The first-order valence-electron chi connectivity index (χ1n) is 6.32. The second-order valence-electron chi connectivity index (χ2n) is 5.26. The predicted molar refractivity (Wildman–Crippen MR) is 65.9 cm³/mol. The summed E-state index contributed by atoms with van der Waals surface area (Å²) in [7, 11) is 1.52. The lowest BCUT2D eigenvalue weighted by Gasteiger charge is -2.13. The highest BCUT2D eigenvalue weighted by molar-refractivity contribution is 5.93. The summed E-state index contributed by atoms with van der Waals surface area (Å²) in [6, 6.07) is 4.36. The van der Waals surface area contributed by atoms with Crippen LogP contribution < -0.4 is 10.1 Å². The maximum Gasteiger partial charge on any atom is 0.227 e. The van der Waals surface area contributed by atoms with E-state index in [2.05, 4.69) is 5.32 Å². The minimum atomic E-state index is -0.424. The Morgan fingerprint density at radius 2 is 2.06 bits per heavy atom. The van der Waals surface area contributed by atoms with Crippen molar-refractivity contribution in [2.45, 2.75) is 19.3 Å². The van der Waals surface area contributed by atoms with Crippen LogP contribution in [-0.4, -0.2) is 13.0 Å². The van der Waals surface area contributed by atoms with Gasteiger partial charge in [-0.1, -0.05) is 0 Å². The molecule has 0 saturated heterocycles. The van der Waals surface area contributed by atoms with Gasteiger partial charge in [0.15, 0.2) is 0 Å². The molecule has 4 heteroatoms. The molecule has 2 aliphatic carbocycles. The molecule has 3 rings (SSSR count). The van der Waals surface area contributed by atoms with E-state index in [0.717, 1.165) is 24.7 Å². The van der Waals surface area contributed by atoms with E-state index in [1.54, 1.807) is 0 Å².